The van der Waals surface area contributed by atoms with Gasteiger partial charge >= 0.3 is 5.97 Å². The van der Waals surface area contributed by atoms with Crippen LogP contribution >= 0.6 is 11.6 Å². The van der Waals surface area contributed by atoms with Crippen LogP contribution in [0.25, 0.3) is 0 Å². The molecule has 2 aromatic rings. The van der Waals surface area contributed by atoms with Crippen LogP contribution in [0.15, 0.2) is 53.5 Å². The van der Waals surface area contributed by atoms with E-state index in [2.05, 4.69) is 4.99 Å². The van der Waals surface area contributed by atoms with Gasteiger partial charge in [0.05, 0.1) is 18.8 Å². The molecule has 0 aromatic heterocycles. The van der Waals surface area contributed by atoms with Crippen molar-refractivity contribution >= 4 is 28.6 Å². The topological polar surface area (TPSA) is 41.9 Å². The zero-order valence-corrected chi connectivity index (χ0v) is 13.1. The minimum atomic E-state index is -0.445. The molecule has 0 amide bonds. The standard InChI is InChI=1S/C17H14ClFN2O2/c1-23-15(22)10-21-16(11-5-4-6-12(19)9-11)13-7-2-3-8-14(13)20-17(21)18/h2-9,16H,10H2,1H3. The molecule has 2 aromatic carbocycles. The van der Waals surface area contributed by atoms with E-state index in [-0.39, 0.29) is 17.7 Å². The Morgan fingerprint density at radius 1 is 1.30 bits per heavy atom. The van der Waals surface area contributed by atoms with Crippen molar-refractivity contribution in [2.75, 3.05) is 13.7 Å². The van der Waals surface area contributed by atoms with Gasteiger partial charge in [0, 0.05) is 5.56 Å². The fraction of sp³-hybridized carbons (Fsp3) is 0.176. The van der Waals surface area contributed by atoms with Gasteiger partial charge in [0.25, 0.3) is 0 Å². The van der Waals surface area contributed by atoms with Gasteiger partial charge in [-0.3, -0.25) is 4.79 Å². The Labute approximate surface area is 138 Å². The van der Waals surface area contributed by atoms with Crippen LogP contribution in [0.5, 0.6) is 0 Å². The molecule has 0 bridgehead atoms. The minimum absolute atomic E-state index is 0.0751. The highest BCUT2D eigenvalue weighted by Gasteiger charge is 2.32. The molecule has 1 aliphatic heterocycles. The van der Waals surface area contributed by atoms with Crippen LogP contribution < -0.4 is 0 Å². The third-order valence-corrected chi connectivity index (χ3v) is 3.99. The number of methoxy groups -OCH3 is 1. The summed E-state index contributed by atoms with van der Waals surface area (Å²) in [6.45, 7) is -0.0751. The first-order valence-corrected chi connectivity index (χ1v) is 7.40. The second kappa shape index (κ2) is 6.38. The molecule has 0 saturated carbocycles. The molecule has 1 heterocycles. The van der Waals surface area contributed by atoms with E-state index in [9.17, 15) is 9.18 Å². The van der Waals surface area contributed by atoms with Gasteiger partial charge in [-0.2, -0.15) is 0 Å². The van der Waals surface area contributed by atoms with E-state index in [1.165, 1.54) is 19.2 Å². The van der Waals surface area contributed by atoms with Crippen molar-refractivity contribution in [1.82, 2.24) is 4.90 Å². The lowest BCUT2D eigenvalue weighted by Gasteiger charge is -2.35. The fourth-order valence-corrected chi connectivity index (χ4v) is 2.90. The first-order chi connectivity index (χ1) is 11.1. The molecule has 23 heavy (non-hydrogen) atoms. The summed E-state index contributed by atoms with van der Waals surface area (Å²) in [6, 6.07) is 13.3. The summed E-state index contributed by atoms with van der Waals surface area (Å²) >= 11 is 6.27. The number of carbonyl (C=O) groups is 1. The molecule has 1 aliphatic rings. The molecule has 1 atom stereocenters. The van der Waals surface area contributed by atoms with Gasteiger partial charge in [0.15, 0.2) is 5.29 Å². The Hall–Kier alpha value is -2.40. The second-order valence-electron chi connectivity index (χ2n) is 5.10. The maximum Gasteiger partial charge on any atom is 0.325 e. The van der Waals surface area contributed by atoms with Gasteiger partial charge in [-0.05, 0) is 35.4 Å². The van der Waals surface area contributed by atoms with Gasteiger partial charge in [0.1, 0.15) is 12.4 Å². The van der Waals surface area contributed by atoms with Crippen molar-refractivity contribution in [3.63, 3.8) is 0 Å². The third kappa shape index (κ3) is 3.05. The molecule has 4 nitrogen and oxygen atoms in total. The number of hydrogen-bond donors (Lipinski definition) is 0. The number of carbonyl (C=O) groups excluding carboxylic acids is 1. The van der Waals surface area contributed by atoms with E-state index < -0.39 is 12.0 Å². The van der Waals surface area contributed by atoms with Crippen molar-refractivity contribution < 1.29 is 13.9 Å². The molecule has 3 rings (SSSR count). The predicted octanol–water partition coefficient (Wildman–Crippen LogP) is 3.63. The number of aliphatic imine (C=N–C) groups is 1. The minimum Gasteiger partial charge on any atom is -0.468 e. The lowest BCUT2D eigenvalue weighted by atomic mass is 9.94. The van der Waals surface area contributed by atoms with E-state index in [1.807, 2.05) is 24.3 Å². The summed E-state index contributed by atoms with van der Waals surface area (Å²) < 4.78 is 18.4. The van der Waals surface area contributed by atoms with Crippen LogP contribution in [0.1, 0.15) is 17.2 Å². The third-order valence-electron chi connectivity index (χ3n) is 3.68. The maximum absolute atomic E-state index is 13.7. The normalized spacial score (nSPS) is 16.6. The largest absolute Gasteiger partial charge is 0.468 e. The number of hydrogen-bond acceptors (Lipinski definition) is 4. The zero-order chi connectivity index (χ0) is 16.4. The number of halogens is 2. The Morgan fingerprint density at radius 3 is 2.83 bits per heavy atom. The quantitative estimate of drug-likeness (QED) is 0.636. The van der Waals surface area contributed by atoms with Gasteiger partial charge in [-0.25, -0.2) is 9.38 Å². The van der Waals surface area contributed by atoms with Crippen molar-refractivity contribution in [1.29, 1.82) is 0 Å². The second-order valence-corrected chi connectivity index (χ2v) is 5.44. The molecule has 0 saturated heterocycles. The van der Waals surface area contributed by atoms with E-state index in [0.29, 0.717) is 11.3 Å². The number of fused-ring (bicyclic) bond motifs is 1. The number of esters is 1. The van der Waals surface area contributed by atoms with Crippen LogP contribution in [-0.2, 0) is 9.53 Å². The lowest BCUT2D eigenvalue weighted by molar-refractivity contribution is -0.141. The number of benzene rings is 2. The number of para-hydroxylation sites is 1. The highest BCUT2D eigenvalue weighted by Crippen LogP contribution is 2.39. The van der Waals surface area contributed by atoms with Crippen LogP contribution in [-0.4, -0.2) is 29.8 Å². The number of rotatable bonds is 3. The molecule has 0 fully saturated rings. The summed E-state index contributed by atoms with van der Waals surface area (Å²) in [5, 5.41) is 0.170. The summed E-state index contributed by atoms with van der Waals surface area (Å²) in [5.74, 6) is -0.796. The lowest BCUT2D eigenvalue weighted by Crippen LogP contribution is -2.39. The van der Waals surface area contributed by atoms with Crippen LogP contribution in [0.2, 0.25) is 0 Å². The van der Waals surface area contributed by atoms with Gasteiger partial charge < -0.3 is 9.64 Å². The zero-order valence-electron chi connectivity index (χ0n) is 12.4. The smallest absolute Gasteiger partial charge is 0.325 e. The van der Waals surface area contributed by atoms with E-state index in [1.54, 1.807) is 17.0 Å². The van der Waals surface area contributed by atoms with Crippen LogP contribution in [0, 0.1) is 5.82 Å². The molecule has 1 unspecified atom stereocenters. The first kappa shape index (κ1) is 15.5. The Bertz CT molecular complexity index is 779. The maximum atomic E-state index is 13.7. The van der Waals surface area contributed by atoms with E-state index in [0.717, 1.165) is 5.56 Å². The summed E-state index contributed by atoms with van der Waals surface area (Å²) in [5.41, 5.74) is 2.24. The van der Waals surface area contributed by atoms with Gasteiger partial charge in [0.2, 0.25) is 0 Å². The van der Waals surface area contributed by atoms with Crippen molar-refractivity contribution in [2.45, 2.75) is 6.04 Å². The molecule has 0 aliphatic carbocycles. The monoisotopic (exact) mass is 332 g/mol. The Morgan fingerprint density at radius 2 is 2.09 bits per heavy atom. The fourth-order valence-electron chi connectivity index (χ4n) is 2.65. The van der Waals surface area contributed by atoms with Crippen LogP contribution in [0.3, 0.4) is 0 Å². The highest BCUT2D eigenvalue weighted by atomic mass is 35.5. The summed E-state index contributed by atoms with van der Waals surface area (Å²) in [7, 11) is 1.31. The first-order valence-electron chi connectivity index (χ1n) is 7.02. The van der Waals surface area contributed by atoms with Crippen molar-refractivity contribution in [3.05, 3.63) is 65.5 Å². The average Bonchev–Trinajstić information content (AvgIpc) is 2.55. The molecule has 118 valence electrons. The van der Waals surface area contributed by atoms with E-state index >= 15 is 0 Å². The summed E-state index contributed by atoms with van der Waals surface area (Å²) in [6.07, 6.45) is 0. The molecule has 0 radical (unpaired) electrons. The molecular formula is C17H14ClFN2O2. The SMILES string of the molecule is COC(=O)CN1C(Cl)=Nc2ccccc2C1c1cccc(F)c1. The number of nitrogens with zero attached hydrogens (tertiary/aromatic N) is 2. The molecule has 0 spiro atoms. The van der Waals surface area contributed by atoms with Crippen molar-refractivity contribution in [2.24, 2.45) is 4.99 Å². The van der Waals surface area contributed by atoms with Crippen molar-refractivity contribution in [3.8, 4) is 0 Å². The Kier molecular flexibility index (Phi) is 4.30. The Balaban J connectivity index is 2.12. The van der Waals surface area contributed by atoms with Gasteiger partial charge in [-0.15, -0.1) is 0 Å². The molecular weight excluding hydrogens is 319 g/mol. The van der Waals surface area contributed by atoms with E-state index in [4.69, 9.17) is 16.3 Å². The number of amidine groups is 1. The molecule has 6 heteroatoms. The number of ether oxygens (including phenoxy) is 1. The summed E-state index contributed by atoms with van der Waals surface area (Å²) in [4.78, 5) is 17.7. The molecule has 0 N–H and O–H groups in total. The van der Waals surface area contributed by atoms with Crippen LogP contribution in [0.4, 0.5) is 10.1 Å². The highest BCUT2D eigenvalue weighted by molar-refractivity contribution is 6.65. The average molecular weight is 333 g/mol. The predicted molar refractivity (Wildman–Crippen MR) is 86.4 cm³/mol. The van der Waals surface area contributed by atoms with Gasteiger partial charge in [-0.1, -0.05) is 30.3 Å².